The molecule has 1 atom stereocenters. The Morgan fingerprint density at radius 1 is 1.24 bits per heavy atom. The topological polar surface area (TPSA) is 89.3 Å². The van der Waals surface area contributed by atoms with Crippen molar-refractivity contribution < 1.29 is 22.7 Å². The van der Waals surface area contributed by atoms with Crippen molar-refractivity contribution in [2.24, 2.45) is 5.73 Å². The summed E-state index contributed by atoms with van der Waals surface area (Å²) in [6.45, 7) is 0.738. The molecule has 2 aromatic carbocycles. The molecule has 1 amide bonds. The van der Waals surface area contributed by atoms with Crippen molar-refractivity contribution in [2.75, 3.05) is 24.3 Å². The number of carbonyl (C=O) groups excluding carboxylic acids is 1. The van der Waals surface area contributed by atoms with Crippen molar-refractivity contribution in [3.63, 3.8) is 0 Å². The van der Waals surface area contributed by atoms with E-state index in [9.17, 15) is 18.0 Å². The number of alkyl halides is 3. The van der Waals surface area contributed by atoms with Crippen LogP contribution in [0.25, 0.3) is 10.4 Å². The molecule has 1 aliphatic heterocycles. The van der Waals surface area contributed by atoms with Gasteiger partial charge >= 0.3 is 6.18 Å². The minimum atomic E-state index is -4.35. The van der Waals surface area contributed by atoms with Gasteiger partial charge in [-0.15, -0.1) is 0 Å². The van der Waals surface area contributed by atoms with Crippen molar-refractivity contribution in [1.29, 1.82) is 0 Å². The SMILES string of the molecule is COCc1nc(NCC(N)Cc2ccc(C(F)(F)F)cc2)sc1-c1ccc2c(c1)CC(=O)N2. The number of halogens is 3. The lowest BCUT2D eigenvalue weighted by molar-refractivity contribution is -0.137. The number of methoxy groups -OCH3 is 1. The first kappa shape index (κ1) is 23.2. The summed E-state index contributed by atoms with van der Waals surface area (Å²) in [5.74, 6) is -0.0204. The van der Waals surface area contributed by atoms with E-state index in [0.717, 1.165) is 45.1 Å². The summed E-state index contributed by atoms with van der Waals surface area (Å²) in [5.41, 5.74) is 9.76. The van der Waals surface area contributed by atoms with E-state index in [4.69, 9.17) is 10.5 Å². The van der Waals surface area contributed by atoms with E-state index in [2.05, 4.69) is 15.6 Å². The maximum Gasteiger partial charge on any atom is 0.416 e. The van der Waals surface area contributed by atoms with Gasteiger partial charge in [-0.1, -0.05) is 29.5 Å². The smallest absolute Gasteiger partial charge is 0.378 e. The molecule has 0 saturated heterocycles. The number of rotatable bonds is 8. The number of aromatic nitrogens is 1. The number of nitrogens with one attached hydrogen (secondary N) is 2. The molecule has 0 fully saturated rings. The fourth-order valence-corrected chi connectivity index (χ4v) is 4.65. The summed E-state index contributed by atoms with van der Waals surface area (Å²) in [4.78, 5) is 17.2. The van der Waals surface area contributed by atoms with Gasteiger partial charge in [0.2, 0.25) is 5.91 Å². The molecule has 33 heavy (non-hydrogen) atoms. The lowest BCUT2D eigenvalue weighted by Crippen LogP contribution is -2.31. The summed E-state index contributed by atoms with van der Waals surface area (Å²) in [6, 6.07) is 10.6. The molecule has 0 bridgehead atoms. The Balaban J connectivity index is 1.42. The number of hydrogen-bond donors (Lipinski definition) is 3. The molecule has 1 aliphatic rings. The number of carbonyl (C=O) groups is 1. The highest BCUT2D eigenvalue weighted by atomic mass is 32.1. The number of nitrogens with zero attached hydrogens (tertiary/aromatic N) is 1. The zero-order chi connectivity index (χ0) is 23.6. The molecule has 4 N–H and O–H groups in total. The van der Waals surface area contributed by atoms with E-state index < -0.39 is 11.7 Å². The molecule has 0 radical (unpaired) electrons. The first-order valence-corrected chi connectivity index (χ1v) is 11.1. The Bertz CT molecular complexity index is 1150. The lowest BCUT2D eigenvalue weighted by Gasteiger charge is -2.13. The monoisotopic (exact) mass is 476 g/mol. The fraction of sp³-hybridized carbons (Fsp3) is 0.304. The molecular formula is C23H23F3N4O2S. The average molecular weight is 477 g/mol. The van der Waals surface area contributed by atoms with Gasteiger partial charge in [0.15, 0.2) is 5.13 Å². The summed E-state index contributed by atoms with van der Waals surface area (Å²) in [6.07, 6.45) is -3.57. The van der Waals surface area contributed by atoms with Gasteiger partial charge in [0.05, 0.1) is 29.2 Å². The molecule has 174 valence electrons. The third-order valence-corrected chi connectivity index (χ3v) is 6.37. The summed E-state index contributed by atoms with van der Waals surface area (Å²) < 4.78 is 43.4. The van der Waals surface area contributed by atoms with Gasteiger partial charge in [-0.3, -0.25) is 4.79 Å². The van der Waals surface area contributed by atoms with Crippen molar-refractivity contribution in [2.45, 2.75) is 31.7 Å². The number of benzene rings is 2. The Hall–Kier alpha value is -2.95. The molecule has 10 heteroatoms. The summed E-state index contributed by atoms with van der Waals surface area (Å²) in [7, 11) is 1.60. The van der Waals surface area contributed by atoms with Crippen molar-refractivity contribution in [3.8, 4) is 10.4 Å². The van der Waals surface area contributed by atoms with Crippen LogP contribution in [0.1, 0.15) is 22.4 Å². The van der Waals surface area contributed by atoms with Gasteiger partial charge in [-0.05, 0) is 47.4 Å². The van der Waals surface area contributed by atoms with Crippen molar-refractivity contribution in [1.82, 2.24) is 4.98 Å². The first-order valence-electron chi connectivity index (χ1n) is 10.3. The second kappa shape index (κ2) is 9.50. The highest BCUT2D eigenvalue weighted by Gasteiger charge is 2.30. The Morgan fingerprint density at radius 2 is 2.00 bits per heavy atom. The Morgan fingerprint density at radius 3 is 2.70 bits per heavy atom. The zero-order valence-corrected chi connectivity index (χ0v) is 18.6. The molecule has 3 aromatic rings. The quantitative estimate of drug-likeness (QED) is 0.447. The predicted molar refractivity (Wildman–Crippen MR) is 122 cm³/mol. The van der Waals surface area contributed by atoms with E-state index in [1.807, 2.05) is 18.2 Å². The minimum Gasteiger partial charge on any atom is -0.378 e. The molecule has 0 saturated carbocycles. The van der Waals surface area contributed by atoms with Gasteiger partial charge in [0, 0.05) is 25.4 Å². The lowest BCUT2D eigenvalue weighted by atomic mass is 10.0. The Kier molecular flexibility index (Phi) is 6.68. The minimum absolute atomic E-state index is 0.0204. The maximum atomic E-state index is 12.7. The molecule has 1 aromatic heterocycles. The third-order valence-electron chi connectivity index (χ3n) is 5.27. The van der Waals surface area contributed by atoms with Gasteiger partial charge in [0.1, 0.15) is 0 Å². The normalized spacial score (nSPS) is 14.2. The molecule has 0 spiro atoms. The third kappa shape index (κ3) is 5.52. The van der Waals surface area contributed by atoms with E-state index in [-0.39, 0.29) is 11.9 Å². The van der Waals surface area contributed by atoms with E-state index in [1.54, 1.807) is 7.11 Å². The van der Waals surface area contributed by atoms with Gasteiger partial charge in [-0.2, -0.15) is 13.2 Å². The molecular weight excluding hydrogens is 453 g/mol. The van der Waals surface area contributed by atoms with Gasteiger partial charge < -0.3 is 21.1 Å². The van der Waals surface area contributed by atoms with Crippen molar-refractivity contribution in [3.05, 3.63) is 64.8 Å². The highest BCUT2D eigenvalue weighted by molar-refractivity contribution is 7.19. The van der Waals surface area contributed by atoms with Crippen molar-refractivity contribution >= 4 is 28.1 Å². The number of ether oxygens (including phenoxy) is 1. The zero-order valence-electron chi connectivity index (χ0n) is 17.8. The van der Waals surface area contributed by atoms with Crippen LogP contribution in [-0.4, -0.2) is 30.6 Å². The van der Waals surface area contributed by atoms with Gasteiger partial charge in [0.25, 0.3) is 0 Å². The molecule has 0 aliphatic carbocycles. The van der Waals surface area contributed by atoms with Crippen LogP contribution in [0.4, 0.5) is 24.0 Å². The van der Waals surface area contributed by atoms with Crippen LogP contribution in [0.5, 0.6) is 0 Å². The largest absolute Gasteiger partial charge is 0.416 e. The van der Waals surface area contributed by atoms with Crippen LogP contribution in [0.3, 0.4) is 0 Å². The van der Waals surface area contributed by atoms with E-state index >= 15 is 0 Å². The number of thiazole rings is 1. The van der Waals surface area contributed by atoms with Crippen LogP contribution in [0.15, 0.2) is 42.5 Å². The van der Waals surface area contributed by atoms with Crippen LogP contribution in [-0.2, 0) is 35.2 Å². The molecule has 4 rings (SSSR count). The maximum absolute atomic E-state index is 12.7. The highest BCUT2D eigenvalue weighted by Crippen LogP contribution is 2.36. The predicted octanol–water partition coefficient (Wildman–Crippen LogP) is 4.45. The number of amides is 1. The van der Waals surface area contributed by atoms with Gasteiger partial charge in [-0.25, -0.2) is 4.98 Å². The molecule has 6 nitrogen and oxygen atoms in total. The van der Waals surface area contributed by atoms with E-state index in [1.165, 1.54) is 23.5 Å². The second-order valence-electron chi connectivity index (χ2n) is 7.86. The summed E-state index contributed by atoms with van der Waals surface area (Å²) >= 11 is 1.46. The fourth-order valence-electron chi connectivity index (χ4n) is 3.68. The number of hydrogen-bond acceptors (Lipinski definition) is 6. The number of fused-ring (bicyclic) bond motifs is 1. The van der Waals surface area contributed by atoms with E-state index in [0.29, 0.717) is 31.1 Å². The Labute approximate surface area is 193 Å². The number of nitrogens with two attached hydrogens (primary N) is 1. The van der Waals surface area contributed by atoms with Crippen LogP contribution < -0.4 is 16.4 Å². The first-order chi connectivity index (χ1) is 15.7. The number of anilines is 2. The second-order valence-corrected chi connectivity index (χ2v) is 8.86. The van der Waals surface area contributed by atoms with Crippen LogP contribution in [0, 0.1) is 0 Å². The van der Waals surface area contributed by atoms with Crippen LogP contribution in [0.2, 0.25) is 0 Å². The molecule has 2 heterocycles. The standard InChI is InChI=1S/C23H23F3N4O2S/c1-32-12-19-21(14-4-7-18-15(9-14)10-20(31)29-18)33-22(30-19)28-11-17(27)8-13-2-5-16(6-3-13)23(24,25)26/h2-7,9,17H,8,10-12,27H2,1H3,(H,28,30)(H,29,31). The summed E-state index contributed by atoms with van der Waals surface area (Å²) in [5, 5.41) is 6.73. The van der Waals surface area contributed by atoms with Crippen LogP contribution >= 0.6 is 11.3 Å². The average Bonchev–Trinajstić information content (AvgIpc) is 3.34. The molecule has 1 unspecified atom stereocenters.